The van der Waals surface area contributed by atoms with E-state index in [1.165, 1.54) is 12.1 Å². The van der Waals surface area contributed by atoms with Gasteiger partial charge in [0.25, 0.3) is 15.9 Å². The largest absolute Gasteiger partial charge is 0.362 e. The zero-order chi connectivity index (χ0) is 22.0. The lowest BCUT2D eigenvalue weighted by Gasteiger charge is -2.17. The van der Waals surface area contributed by atoms with Gasteiger partial charge in [0.15, 0.2) is 0 Å². The number of hydrogen-bond acceptors (Lipinski definition) is 3. The van der Waals surface area contributed by atoms with Crippen molar-refractivity contribution >= 4 is 38.4 Å². The second kappa shape index (κ2) is 8.55. The van der Waals surface area contributed by atoms with Crippen LogP contribution in [0.1, 0.15) is 41.7 Å². The number of nitrogens with zero attached hydrogens (tertiary/aromatic N) is 2. The first kappa shape index (κ1) is 21.1. The summed E-state index contributed by atoms with van der Waals surface area (Å²) in [5.74, 6) is 0.249. The molecular formula is C23H26N4O3S. The van der Waals surface area contributed by atoms with Gasteiger partial charge in [-0.15, -0.1) is 4.40 Å². The Labute approximate surface area is 182 Å². The number of aromatic amines is 1. The number of hydrogen-bond donors (Lipinski definition) is 2. The van der Waals surface area contributed by atoms with Crippen LogP contribution in [0.15, 0.2) is 57.8 Å². The normalized spacial score (nSPS) is 16.5. The maximum Gasteiger partial charge on any atom is 0.284 e. The summed E-state index contributed by atoms with van der Waals surface area (Å²) in [7, 11) is -2.00. The fraction of sp³-hybridized carbons (Fsp3) is 0.304. The van der Waals surface area contributed by atoms with Crippen molar-refractivity contribution in [2.75, 3.05) is 18.9 Å². The molecule has 0 bridgehead atoms. The highest BCUT2D eigenvalue weighted by molar-refractivity contribution is 7.90. The van der Waals surface area contributed by atoms with E-state index in [4.69, 9.17) is 0 Å². The summed E-state index contributed by atoms with van der Waals surface area (Å²) in [5.41, 5.74) is 2.79. The van der Waals surface area contributed by atoms with Crippen molar-refractivity contribution in [3.63, 3.8) is 0 Å². The molecule has 31 heavy (non-hydrogen) atoms. The lowest BCUT2D eigenvalue weighted by Crippen LogP contribution is -2.26. The number of benzene rings is 2. The van der Waals surface area contributed by atoms with Crippen LogP contribution in [0.2, 0.25) is 0 Å². The number of H-pyrrole nitrogens is 1. The molecule has 162 valence electrons. The van der Waals surface area contributed by atoms with Gasteiger partial charge in [-0.05, 0) is 55.7 Å². The molecule has 3 aromatic rings. The Morgan fingerprint density at radius 3 is 2.77 bits per heavy atom. The molecule has 8 heteroatoms. The third-order valence-electron chi connectivity index (χ3n) is 5.47. The van der Waals surface area contributed by atoms with Crippen LogP contribution in [-0.2, 0) is 10.0 Å². The number of carbonyl (C=O) groups excluding carboxylic acids is 1. The maximum atomic E-state index is 12.9. The van der Waals surface area contributed by atoms with Crippen LogP contribution in [0.3, 0.4) is 0 Å². The highest BCUT2D eigenvalue weighted by atomic mass is 32.2. The molecule has 2 aromatic carbocycles. The molecule has 0 unspecified atom stereocenters. The molecule has 0 atom stereocenters. The first-order chi connectivity index (χ1) is 14.8. The molecule has 0 aliphatic carbocycles. The molecule has 1 aliphatic heterocycles. The van der Waals surface area contributed by atoms with Crippen molar-refractivity contribution in [3.05, 3.63) is 59.8 Å². The summed E-state index contributed by atoms with van der Waals surface area (Å²) in [6.07, 6.45) is 3.67. The van der Waals surface area contributed by atoms with Crippen LogP contribution in [-0.4, -0.2) is 43.6 Å². The summed E-state index contributed by atoms with van der Waals surface area (Å²) in [4.78, 5) is 17.8. The minimum atomic E-state index is -3.87. The van der Waals surface area contributed by atoms with Crippen LogP contribution < -0.4 is 5.32 Å². The molecular weight excluding hydrogens is 412 g/mol. The number of amidine groups is 1. The van der Waals surface area contributed by atoms with E-state index >= 15 is 0 Å². The fourth-order valence-electron chi connectivity index (χ4n) is 3.73. The van der Waals surface area contributed by atoms with Crippen LogP contribution in [0.5, 0.6) is 0 Å². The Morgan fingerprint density at radius 2 is 1.94 bits per heavy atom. The van der Waals surface area contributed by atoms with Crippen LogP contribution in [0.25, 0.3) is 10.9 Å². The van der Waals surface area contributed by atoms with Gasteiger partial charge in [0.1, 0.15) is 11.5 Å². The Morgan fingerprint density at radius 1 is 1.10 bits per heavy atom. The topological polar surface area (TPSA) is 94.6 Å². The summed E-state index contributed by atoms with van der Waals surface area (Å²) < 4.78 is 29.9. The van der Waals surface area contributed by atoms with E-state index in [0.717, 1.165) is 42.3 Å². The number of aryl methyl sites for hydroxylation is 1. The van der Waals surface area contributed by atoms with E-state index in [9.17, 15) is 13.2 Å². The minimum Gasteiger partial charge on any atom is -0.362 e. The van der Waals surface area contributed by atoms with E-state index in [1.807, 2.05) is 37.1 Å². The number of amides is 1. The number of nitrogens with one attached hydrogen (secondary N) is 2. The molecule has 0 saturated carbocycles. The third-order valence-corrected chi connectivity index (χ3v) is 6.77. The average Bonchev–Trinajstić information content (AvgIpc) is 3.06. The van der Waals surface area contributed by atoms with Crippen LogP contribution in [0, 0.1) is 6.92 Å². The molecule has 7 nitrogen and oxygen atoms in total. The number of likely N-dealkylation sites (tertiary alicyclic amines) is 1. The van der Waals surface area contributed by atoms with Gasteiger partial charge >= 0.3 is 0 Å². The van der Waals surface area contributed by atoms with Gasteiger partial charge in [-0.25, -0.2) is 0 Å². The van der Waals surface area contributed by atoms with Crippen molar-refractivity contribution in [1.82, 2.24) is 9.88 Å². The molecule has 1 aromatic heterocycles. The molecule has 2 heterocycles. The quantitative estimate of drug-likeness (QED) is 0.634. The molecule has 1 fully saturated rings. The van der Waals surface area contributed by atoms with Gasteiger partial charge in [0.2, 0.25) is 0 Å². The fourth-order valence-corrected chi connectivity index (χ4v) is 4.87. The second-order valence-electron chi connectivity index (χ2n) is 7.97. The molecule has 0 spiro atoms. The van der Waals surface area contributed by atoms with E-state index in [1.54, 1.807) is 18.2 Å². The number of carbonyl (C=O) groups is 1. The third kappa shape index (κ3) is 4.80. The number of sulfonamides is 1. The molecule has 4 rings (SSSR count). The number of aromatic nitrogens is 1. The number of rotatable bonds is 4. The Hall–Kier alpha value is -3.13. The van der Waals surface area contributed by atoms with Crippen molar-refractivity contribution in [1.29, 1.82) is 0 Å². The summed E-state index contributed by atoms with van der Waals surface area (Å²) in [6.45, 7) is 2.79. The Bertz CT molecular complexity index is 1260. The first-order valence-electron chi connectivity index (χ1n) is 10.4. The zero-order valence-electron chi connectivity index (χ0n) is 17.7. The lowest BCUT2D eigenvalue weighted by atomic mass is 10.2. The smallest absolute Gasteiger partial charge is 0.284 e. The monoisotopic (exact) mass is 438 g/mol. The first-order valence-corrected chi connectivity index (χ1v) is 11.8. The lowest BCUT2D eigenvalue weighted by molar-refractivity contribution is 0.102. The molecule has 0 radical (unpaired) electrons. The van der Waals surface area contributed by atoms with Gasteiger partial charge in [-0.2, -0.15) is 8.42 Å². The maximum absolute atomic E-state index is 12.9. The predicted molar refractivity (Wildman–Crippen MR) is 123 cm³/mol. The molecule has 1 saturated heterocycles. The van der Waals surface area contributed by atoms with Crippen molar-refractivity contribution in [2.24, 2.45) is 4.40 Å². The Balaban J connectivity index is 1.56. The SMILES string of the molecule is Cc1ccc2cc(C(=O)Nc3cccc(S(=O)(=O)N=C4CCCCCN4C)c3)[nH]c2c1. The van der Waals surface area contributed by atoms with E-state index in [2.05, 4.69) is 14.7 Å². The van der Waals surface area contributed by atoms with Crippen molar-refractivity contribution in [2.45, 2.75) is 37.5 Å². The van der Waals surface area contributed by atoms with Crippen LogP contribution >= 0.6 is 0 Å². The highest BCUT2D eigenvalue weighted by Gasteiger charge is 2.19. The molecule has 1 aliphatic rings. The average molecular weight is 439 g/mol. The summed E-state index contributed by atoms with van der Waals surface area (Å²) in [5, 5.41) is 3.72. The highest BCUT2D eigenvalue weighted by Crippen LogP contribution is 2.22. The predicted octanol–water partition coefficient (Wildman–Crippen LogP) is 4.32. The van der Waals surface area contributed by atoms with Gasteiger partial charge in [0.05, 0.1) is 4.90 Å². The molecule has 1 amide bonds. The zero-order valence-corrected chi connectivity index (χ0v) is 18.5. The van der Waals surface area contributed by atoms with E-state index in [0.29, 0.717) is 23.6 Å². The van der Waals surface area contributed by atoms with Crippen molar-refractivity contribution < 1.29 is 13.2 Å². The molecule has 2 N–H and O–H groups in total. The van der Waals surface area contributed by atoms with Crippen LogP contribution in [0.4, 0.5) is 5.69 Å². The van der Waals surface area contributed by atoms with Crippen molar-refractivity contribution in [3.8, 4) is 0 Å². The van der Waals surface area contributed by atoms with Gasteiger partial charge < -0.3 is 15.2 Å². The summed E-state index contributed by atoms with van der Waals surface area (Å²) >= 11 is 0. The second-order valence-corrected chi connectivity index (χ2v) is 9.57. The minimum absolute atomic E-state index is 0.0581. The van der Waals surface area contributed by atoms with Gasteiger partial charge in [0, 0.05) is 36.6 Å². The number of fused-ring (bicyclic) bond motifs is 1. The summed E-state index contributed by atoms with van der Waals surface area (Å²) in [6, 6.07) is 13.9. The van der Waals surface area contributed by atoms with E-state index < -0.39 is 10.0 Å². The standard InChI is InChI=1S/C23H26N4O3S/c1-16-10-11-17-14-21(25-20(17)13-16)23(28)24-18-7-6-8-19(15-18)31(29,30)26-22-9-4-3-5-12-27(22)2/h6-8,10-11,13-15,25H,3-5,9,12H2,1-2H3,(H,24,28). The van der Waals surface area contributed by atoms with Gasteiger partial charge in [-0.1, -0.05) is 24.6 Å². The van der Waals surface area contributed by atoms with Gasteiger partial charge in [-0.3, -0.25) is 4.79 Å². The van der Waals surface area contributed by atoms with E-state index in [-0.39, 0.29) is 10.8 Å². The number of anilines is 1. The Kier molecular flexibility index (Phi) is 5.82.